The zero-order valence-electron chi connectivity index (χ0n) is 5.50. The van der Waals surface area contributed by atoms with Gasteiger partial charge >= 0.3 is 0 Å². The fourth-order valence-corrected chi connectivity index (χ4v) is 1.68. The molecule has 0 unspecified atom stereocenters. The zero-order valence-corrected chi connectivity index (χ0v) is 6.31. The molecule has 2 aromatic heterocycles. The molecule has 11 heavy (non-hydrogen) atoms. The zero-order chi connectivity index (χ0) is 7.84. The highest BCUT2D eigenvalue weighted by molar-refractivity contribution is 7.17. The Balaban J connectivity index is 3.06. The van der Waals surface area contributed by atoms with E-state index >= 15 is 0 Å². The maximum atomic E-state index is 11.1. The second-order valence-corrected chi connectivity index (χ2v) is 2.98. The Morgan fingerprint density at radius 1 is 1.64 bits per heavy atom. The number of thiophene rings is 1. The average molecular weight is 167 g/mol. The number of nitrogens with zero attached hydrogens (tertiary/aromatic N) is 1. The molecule has 4 nitrogen and oxygen atoms in total. The third-order valence-corrected chi connectivity index (χ3v) is 2.37. The van der Waals surface area contributed by atoms with Gasteiger partial charge in [0, 0.05) is 5.38 Å². The number of anilines is 1. The van der Waals surface area contributed by atoms with Crippen LogP contribution in [0, 0.1) is 0 Å². The molecule has 0 aliphatic rings. The first-order valence-corrected chi connectivity index (χ1v) is 3.87. The summed E-state index contributed by atoms with van der Waals surface area (Å²) in [5.41, 5.74) is 6.57. The van der Waals surface area contributed by atoms with Crippen molar-refractivity contribution in [1.29, 1.82) is 0 Å². The number of hydrogen-bond donors (Lipinski definition) is 2. The molecule has 0 saturated carbocycles. The van der Waals surface area contributed by atoms with E-state index in [1.165, 1.54) is 17.7 Å². The molecular weight excluding hydrogens is 162 g/mol. The van der Waals surface area contributed by atoms with Gasteiger partial charge in [-0.2, -0.15) is 0 Å². The Hall–Kier alpha value is -1.36. The second kappa shape index (κ2) is 2.06. The topological polar surface area (TPSA) is 71.8 Å². The van der Waals surface area contributed by atoms with Gasteiger partial charge in [-0.15, -0.1) is 11.3 Å². The molecule has 0 aliphatic carbocycles. The minimum atomic E-state index is -0.128. The van der Waals surface area contributed by atoms with Gasteiger partial charge in [-0.1, -0.05) is 0 Å². The lowest BCUT2D eigenvalue weighted by molar-refractivity contribution is 1.18. The molecule has 0 fully saturated rings. The van der Waals surface area contributed by atoms with E-state index in [0.717, 1.165) is 0 Å². The van der Waals surface area contributed by atoms with E-state index in [0.29, 0.717) is 15.9 Å². The molecule has 0 bridgehead atoms. The highest BCUT2D eigenvalue weighted by atomic mass is 32.1. The van der Waals surface area contributed by atoms with Crippen LogP contribution < -0.4 is 11.3 Å². The highest BCUT2D eigenvalue weighted by Gasteiger charge is 2.03. The summed E-state index contributed by atoms with van der Waals surface area (Å²) in [5, 5.41) is 1.72. The summed E-state index contributed by atoms with van der Waals surface area (Å²) in [6, 6.07) is 0. The number of rotatable bonds is 0. The number of nitrogen functional groups attached to an aromatic ring is 1. The van der Waals surface area contributed by atoms with Crippen LogP contribution in [-0.4, -0.2) is 9.97 Å². The van der Waals surface area contributed by atoms with Crippen LogP contribution >= 0.6 is 11.3 Å². The predicted octanol–water partition coefficient (Wildman–Crippen LogP) is 0.567. The van der Waals surface area contributed by atoms with Gasteiger partial charge in [0.2, 0.25) is 0 Å². The molecule has 2 aromatic rings. The van der Waals surface area contributed by atoms with E-state index in [-0.39, 0.29) is 5.56 Å². The van der Waals surface area contributed by atoms with Gasteiger partial charge in [-0.05, 0) is 0 Å². The van der Waals surface area contributed by atoms with Crippen LogP contribution in [-0.2, 0) is 0 Å². The molecule has 3 N–H and O–H groups in total. The second-order valence-electron chi connectivity index (χ2n) is 2.10. The first kappa shape index (κ1) is 6.36. The highest BCUT2D eigenvalue weighted by Crippen LogP contribution is 2.21. The van der Waals surface area contributed by atoms with Crippen LogP contribution in [0.5, 0.6) is 0 Å². The summed E-state index contributed by atoms with van der Waals surface area (Å²) in [7, 11) is 0. The van der Waals surface area contributed by atoms with E-state index in [1.54, 1.807) is 5.38 Å². The molecule has 0 aliphatic heterocycles. The van der Waals surface area contributed by atoms with Crippen molar-refractivity contribution in [3.05, 3.63) is 22.1 Å². The SMILES string of the molecule is Nc1csc2c(=O)[nH]cnc12. The Kier molecular flexibility index (Phi) is 1.19. The number of H-pyrrole nitrogens is 1. The fourth-order valence-electron chi connectivity index (χ4n) is 0.880. The van der Waals surface area contributed by atoms with Gasteiger partial charge in [0.15, 0.2) is 0 Å². The summed E-state index contributed by atoms with van der Waals surface area (Å²) in [6.45, 7) is 0. The van der Waals surface area contributed by atoms with Crippen molar-refractivity contribution in [1.82, 2.24) is 9.97 Å². The average Bonchev–Trinajstić information content (AvgIpc) is 2.35. The molecule has 0 atom stereocenters. The lowest BCUT2D eigenvalue weighted by Gasteiger charge is -1.86. The van der Waals surface area contributed by atoms with E-state index in [1.807, 2.05) is 0 Å². The molecule has 0 aromatic carbocycles. The van der Waals surface area contributed by atoms with Gasteiger partial charge in [-0.3, -0.25) is 4.79 Å². The van der Waals surface area contributed by atoms with Gasteiger partial charge in [-0.25, -0.2) is 4.98 Å². The van der Waals surface area contributed by atoms with E-state index in [4.69, 9.17) is 5.73 Å². The van der Waals surface area contributed by atoms with Gasteiger partial charge in [0.1, 0.15) is 10.2 Å². The predicted molar refractivity (Wildman–Crippen MR) is 44.7 cm³/mol. The molecule has 0 spiro atoms. The lowest BCUT2D eigenvalue weighted by atomic mass is 10.4. The fraction of sp³-hybridized carbons (Fsp3) is 0. The Morgan fingerprint density at radius 2 is 2.45 bits per heavy atom. The number of aromatic amines is 1. The van der Waals surface area contributed by atoms with Crippen molar-refractivity contribution in [2.24, 2.45) is 0 Å². The first-order valence-electron chi connectivity index (χ1n) is 2.99. The molecule has 0 radical (unpaired) electrons. The van der Waals surface area contributed by atoms with Crippen LogP contribution in [0.1, 0.15) is 0 Å². The summed E-state index contributed by atoms with van der Waals surface area (Å²) >= 11 is 1.31. The van der Waals surface area contributed by atoms with Crippen LogP contribution in [0.3, 0.4) is 0 Å². The van der Waals surface area contributed by atoms with Crippen LogP contribution in [0.4, 0.5) is 5.69 Å². The maximum Gasteiger partial charge on any atom is 0.268 e. The molecule has 0 saturated heterocycles. The molecular formula is C6H5N3OS. The Morgan fingerprint density at radius 3 is 3.18 bits per heavy atom. The molecule has 2 heterocycles. The lowest BCUT2D eigenvalue weighted by Crippen LogP contribution is -2.03. The van der Waals surface area contributed by atoms with Gasteiger partial charge < -0.3 is 10.7 Å². The monoisotopic (exact) mass is 167 g/mol. The smallest absolute Gasteiger partial charge is 0.268 e. The standard InChI is InChI=1S/C6H5N3OS/c7-3-1-11-5-4(3)8-2-9-6(5)10/h1-2H,7H2,(H,8,9,10). The third-order valence-electron chi connectivity index (χ3n) is 1.39. The minimum absolute atomic E-state index is 0.128. The normalized spacial score (nSPS) is 10.5. The van der Waals surface area contributed by atoms with Gasteiger partial charge in [0.05, 0.1) is 12.0 Å². The number of fused-ring (bicyclic) bond motifs is 1. The molecule has 56 valence electrons. The van der Waals surface area contributed by atoms with E-state index in [9.17, 15) is 4.79 Å². The summed E-state index contributed by atoms with van der Waals surface area (Å²) in [6.07, 6.45) is 1.35. The van der Waals surface area contributed by atoms with Crippen LogP contribution in [0.25, 0.3) is 10.2 Å². The molecule has 5 heteroatoms. The summed E-state index contributed by atoms with van der Waals surface area (Å²) < 4.78 is 0.588. The number of hydrogen-bond acceptors (Lipinski definition) is 4. The molecule has 2 rings (SSSR count). The molecule has 0 amide bonds. The summed E-state index contributed by atoms with van der Waals surface area (Å²) in [5.74, 6) is 0. The van der Waals surface area contributed by atoms with E-state index in [2.05, 4.69) is 9.97 Å². The van der Waals surface area contributed by atoms with E-state index < -0.39 is 0 Å². The quantitative estimate of drug-likeness (QED) is 0.602. The van der Waals surface area contributed by atoms with Crippen LogP contribution in [0.2, 0.25) is 0 Å². The van der Waals surface area contributed by atoms with Crippen molar-refractivity contribution < 1.29 is 0 Å². The number of aromatic nitrogens is 2. The number of nitrogens with one attached hydrogen (secondary N) is 1. The largest absolute Gasteiger partial charge is 0.396 e. The van der Waals surface area contributed by atoms with Crippen molar-refractivity contribution in [3.8, 4) is 0 Å². The van der Waals surface area contributed by atoms with Gasteiger partial charge in [0.25, 0.3) is 5.56 Å². The first-order chi connectivity index (χ1) is 5.29. The number of nitrogens with two attached hydrogens (primary N) is 1. The van der Waals surface area contributed by atoms with Crippen molar-refractivity contribution in [2.75, 3.05) is 5.73 Å². The Labute approximate surface area is 65.7 Å². The minimum Gasteiger partial charge on any atom is -0.396 e. The van der Waals surface area contributed by atoms with Crippen molar-refractivity contribution >= 4 is 27.2 Å². The van der Waals surface area contributed by atoms with Crippen LogP contribution in [0.15, 0.2) is 16.5 Å². The Bertz CT molecular complexity index is 444. The summed E-state index contributed by atoms with van der Waals surface area (Å²) in [4.78, 5) is 17.5. The van der Waals surface area contributed by atoms with Crippen molar-refractivity contribution in [2.45, 2.75) is 0 Å². The van der Waals surface area contributed by atoms with Crippen molar-refractivity contribution in [3.63, 3.8) is 0 Å². The maximum absolute atomic E-state index is 11.1. The third kappa shape index (κ3) is 0.813.